The van der Waals surface area contributed by atoms with Crippen LogP contribution in [0.5, 0.6) is 0 Å². The first-order valence-electron chi connectivity index (χ1n) is 5.09. The molecule has 16 heavy (non-hydrogen) atoms. The molecule has 1 aliphatic heterocycles. The second-order valence-corrected chi connectivity index (χ2v) is 4.12. The lowest BCUT2D eigenvalue weighted by Gasteiger charge is -2.37. The summed E-state index contributed by atoms with van der Waals surface area (Å²) in [6.45, 7) is 1.97. The van der Waals surface area contributed by atoms with Crippen LogP contribution < -0.4 is 9.80 Å². The number of carbonyl (C=O) groups is 1. The lowest BCUT2D eigenvalue weighted by molar-refractivity contribution is -0.119. The molecule has 2 heterocycles. The third kappa shape index (κ3) is 1.51. The summed E-state index contributed by atoms with van der Waals surface area (Å²) in [7, 11) is 3.58. The monoisotopic (exact) mass is 240 g/mol. The van der Waals surface area contributed by atoms with Gasteiger partial charge >= 0.3 is 0 Å². The van der Waals surface area contributed by atoms with Gasteiger partial charge in [0, 0.05) is 14.1 Å². The maximum Gasteiger partial charge on any atom is 0.249 e. The van der Waals surface area contributed by atoms with Crippen molar-refractivity contribution in [2.45, 2.75) is 19.4 Å². The van der Waals surface area contributed by atoms with Crippen LogP contribution in [0.2, 0.25) is 5.28 Å². The first kappa shape index (κ1) is 11.1. The van der Waals surface area contributed by atoms with Gasteiger partial charge < -0.3 is 9.80 Å². The summed E-state index contributed by atoms with van der Waals surface area (Å²) in [5.41, 5.74) is 0.696. The Bertz CT molecular complexity index is 437. The lowest BCUT2D eigenvalue weighted by atomic mass is 10.1. The van der Waals surface area contributed by atoms with Gasteiger partial charge in [0.1, 0.15) is 11.7 Å². The predicted octanol–water partition coefficient (Wildman–Crippen LogP) is 1.32. The van der Waals surface area contributed by atoms with Crippen molar-refractivity contribution in [3.05, 3.63) is 11.5 Å². The summed E-state index contributed by atoms with van der Waals surface area (Å²) < 4.78 is 0. The molecule has 1 aliphatic rings. The standard InChI is InChI=1S/C10H13ClN4O/c1-4-6-9(16)15(3)7-5-12-10(11)13-8(7)14(6)2/h5-6H,4H2,1-3H3/t6-/m0/s1. The zero-order valence-corrected chi connectivity index (χ0v) is 10.2. The van der Waals surface area contributed by atoms with E-state index in [-0.39, 0.29) is 17.2 Å². The zero-order chi connectivity index (χ0) is 11.9. The van der Waals surface area contributed by atoms with E-state index < -0.39 is 0 Å². The summed E-state index contributed by atoms with van der Waals surface area (Å²) in [5.74, 6) is 0.761. The molecular weight excluding hydrogens is 228 g/mol. The van der Waals surface area contributed by atoms with Crippen molar-refractivity contribution in [2.24, 2.45) is 0 Å². The molecule has 0 radical (unpaired) electrons. The number of likely N-dealkylation sites (N-methyl/N-ethyl adjacent to an activating group) is 2. The van der Waals surface area contributed by atoms with Gasteiger partial charge in [-0.25, -0.2) is 4.98 Å². The first-order valence-corrected chi connectivity index (χ1v) is 5.47. The number of carbonyl (C=O) groups excluding carboxylic acids is 1. The molecule has 0 spiro atoms. The van der Waals surface area contributed by atoms with E-state index in [0.29, 0.717) is 11.5 Å². The number of halogens is 1. The second kappa shape index (κ2) is 3.90. The Morgan fingerprint density at radius 3 is 2.81 bits per heavy atom. The van der Waals surface area contributed by atoms with Gasteiger partial charge in [-0.1, -0.05) is 6.92 Å². The summed E-state index contributed by atoms with van der Waals surface area (Å²) in [4.78, 5) is 23.5. The maximum absolute atomic E-state index is 12.0. The van der Waals surface area contributed by atoms with Gasteiger partial charge in [0.25, 0.3) is 0 Å². The van der Waals surface area contributed by atoms with Gasteiger partial charge in [-0.2, -0.15) is 4.98 Å². The van der Waals surface area contributed by atoms with Crippen LogP contribution in [-0.2, 0) is 4.79 Å². The Kier molecular flexibility index (Phi) is 2.71. The molecular formula is C10H13ClN4O. The minimum Gasteiger partial charge on any atom is -0.346 e. The molecule has 2 rings (SSSR count). The number of fused-ring (bicyclic) bond motifs is 1. The Morgan fingerprint density at radius 2 is 2.19 bits per heavy atom. The molecule has 1 aromatic heterocycles. The Labute approximate surface area is 99.0 Å². The van der Waals surface area contributed by atoms with Crippen molar-refractivity contribution in [1.82, 2.24) is 9.97 Å². The minimum absolute atomic E-state index is 0.0587. The number of nitrogens with zero attached hydrogens (tertiary/aromatic N) is 4. The normalized spacial score (nSPS) is 20.0. The molecule has 0 bridgehead atoms. The number of anilines is 2. The number of hydrogen-bond acceptors (Lipinski definition) is 4. The molecule has 1 aromatic rings. The molecule has 5 nitrogen and oxygen atoms in total. The number of amides is 1. The van der Waals surface area contributed by atoms with Crippen LogP contribution in [0.1, 0.15) is 13.3 Å². The van der Waals surface area contributed by atoms with Gasteiger partial charge in [0.15, 0.2) is 5.82 Å². The minimum atomic E-state index is -0.177. The van der Waals surface area contributed by atoms with E-state index in [1.54, 1.807) is 18.1 Å². The van der Waals surface area contributed by atoms with Crippen LogP contribution in [0.25, 0.3) is 0 Å². The van der Waals surface area contributed by atoms with Crippen LogP contribution in [0.3, 0.4) is 0 Å². The SMILES string of the molecule is CC[C@H]1C(=O)N(C)c2cnc(Cl)nc2N1C. The first-order chi connectivity index (χ1) is 7.56. The van der Waals surface area contributed by atoms with Gasteiger partial charge in [-0.15, -0.1) is 0 Å². The molecule has 0 aromatic carbocycles. The van der Waals surface area contributed by atoms with Crippen molar-refractivity contribution in [3.8, 4) is 0 Å². The molecule has 0 saturated carbocycles. The lowest BCUT2D eigenvalue weighted by Crippen LogP contribution is -2.50. The molecule has 0 aliphatic carbocycles. The summed E-state index contributed by atoms with van der Waals surface area (Å²) >= 11 is 5.76. The summed E-state index contributed by atoms with van der Waals surface area (Å²) in [6.07, 6.45) is 2.31. The van der Waals surface area contributed by atoms with E-state index >= 15 is 0 Å². The van der Waals surface area contributed by atoms with Crippen LogP contribution in [0.15, 0.2) is 6.20 Å². The highest BCUT2D eigenvalue weighted by Crippen LogP contribution is 2.33. The van der Waals surface area contributed by atoms with E-state index in [1.165, 1.54) is 0 Å². The summed E-state index contributed by atoms with van der Waals surface area (Å²) in [5, 5.41) is 0.197. The molecule has 0 saturated heterocycles. The highest BCUT2D eigenvalue weighted by atomic mass is 35.5. The smallest absolute Gasteiger partial charge is 0.249 e. The highest BCUT2D eigenvalue weighted by molar-refractivity contribution is 6.28. The van der Waals surface area contributed by atoms with Crippen molar-refractivity contribution in [1.29, 1.82) is 0 Å². The molecule has 0 unspecified atom stereocenters. The highest BCUT2D eigenvalue weighted by Gasteiger charge is 2.34. The van der Waals surface area contributed by atoms with Crippen molar-refractivity contribution >= 4 is 29.0 Å². The molecule has 86 valence electrons. The Hall–Kier alpha value is -1.36. The van der Waals surface area contributed by atoms with Crippen LogP contribution in [0, 0.1) is 0 Å². The third-order valence-corrected chi connectivity index (χ3v) is 3.07. The second-order valence-electron chi connectivity index (χ2n) is 3.78. The molecule has 6 heteroatoms. The maximum atomic E-state index is 12.0. The molecule has 0 fully saturated rings. The van der Waals surface area contributed by atoms with Crippen molar-refractivity contribution in [2.75, 3.05) is 23.9 Å². The summed E-state index contributed by atoms with van der Waals surface area (Å²) in [6, 6.07) is -0.177. The van der Waals surface area contributed by atoms with Crippen molar-refractivity contribution in [3.63, 3.8) is 0 Å². The van der Waals surface area contributed by atoms with Crippen LogP contribution in [0.4, 0.5) is 11.5 Å². The van der Waals surface area contributed by atoms with Gasteiger partial charge in [-0.05, 0) is 18.0 Å². The fourth-order valence-electron chi connectivity index (χ4n) is 1.95. The Balaban J connectivity index is 2.55. The number of aromatic nitrogens is 2. The van der Waals surface area contributed by atoms with E-state index in [1.807, 2.05) is 18.9 Å². The number of rotatable bonds is 1. The zero-order valence-electron chi connectivity index (χ0n) is 9.44. The largest absolute Gasteiger partial charge is 0.346 e. The van der Waals surface area contributed by atoms with Gasteiger partial charge in [0.2, 0.25) is 11.2 Å². The number of hydrogen-bond donors (Lipinski definition) is 0. The van der Waals surface area contributed by atoms with E-state index in [0.717, 1.165) is 6.42 Å². The van der Waals surface area contributed by atoms with Gasteiger partial charge in [-0.3, -0.25) is 4.79 Å². The molecule has 1 amide bonds. The predicted molar refractivity (Wildman–Crippen MR) is 62.9 cm³/mol. The third-order valence-electron chi connectivity index (χ3n) is 2.89. The van der Waals surface area contributed by atoms with Gasteiger partial charge in [0.05, 0.1) is 6.20 Å². The van der Waals surface area contributed by atoms with E-state index in [4.69, 9.17) is 11.6 Å². The van der Waals surface area contributed by atoms with Crippen LogP contribution in [-0.4, -0.2) is 36.0 Å². The van der Waals surface area contributed by atoms with E-state index in [9.17, 15) is 4.79 Å². The molecule has 0 N–H and O–H groups in total. The quantitative estimate of drug-likeness (QED) is 0.695. The van der Waals surface area contributed by atoms with Crippen molar-refractivity contribution < 1.29 is 4.79 Å². The van der Waals surface area contributed by atoms with E-state index in [2.05, 4.69) is 9.97 Å². The fraction of sp³-hybridized carbons (Fsp3) is 0.500. The topological polar surface area (TPSA) is 49.3 Å². The molecule has 1 atom stereocenters. The fourth-order valence-corrected chi connectivity index (χ4v) is 2.07. The van der Waals surface area contributed by atoms with Crippen LogP contribution >= 0.6 is 11.6 Å². The average Bonchev–Trinajstić information content (AvgIpc) is 2.27. The Morgan fingerprint density at radius 1 is 1.50 bits per heavy atom. The average molecular weight is 241 g/mol.